The van der Waals surface area contributed by atoms with E-state index in [2.05, 4.69) is 20.2 Å². The molecule has 0 bridgehead atoms. The van der Waals surface area contributed by atoms with Crippen molar-refractivity contribution >= 4 is 17.5 Å². The summed E-state index contributed by atoms with van der Waals surface area (Å²) in [7, 11) is 0. The van der Waals surface area contributed by atoms with Gasteiger partial charge in [0.2, 0.25) is 5.95 Å². The monoisotopic (exact) mass is 238 g/mol. The molecule has 3 heterocycles. The fraction of sp³-hybridized carbons (Fsp3) is 0.636. The van der Waals surface area contributed by atoms with Gasteiger partial charge in [0.1, 0.15) is 0 Å². The van der Waals surface area contributed by atoms with Gasteiger partial charge in [-0.05, 0) is 18.8 Å². The summed E-state index contributed by atoms with van der Waals surface area (Å²) in [5.41, 5.74) is 0. The van der Waals surface area contributed by atoms with Crippen molar-refractivity contribution in [3.8, 4) is 0 Å². The highest BCUT2D eigenvalue weighted by molar-refractivity contribution is 6.30. The highest BCUT2D eigenvalue weighted by atomic mass is 35.5. The molecule has 1 aromatic heterocycles. The topological polar surface area (TPSA) is 41.1 Å². The quantitative estimate of drug-likeness (QED) is 0.801. The standard InChI is InChI=1S/C11H15ClN4/c12-9-5-14-11(15-6-9)16-3-1-2-8-4-13-7-10(8)16/h5-6,8,10,13H,1-4,7H2. The van der Waals surface area contributed by atoms with Crippen LogP contribution in [-0.2, 0) is 0 Å². The molecule has 2 saturated heterocycles. The number of rotatable bonds is 1. The minimum Gasteiger partial charge on any atom is -0.336 e. The van der Waals surface area contributed by atoms with E-state index in [9.17, 15) is 0 Å². The molecule has 0 aliphatic carbocycles. The van der Waals surface area contributed by atoms with E-state index >= 15 is 0 Å². The maximum absolute atomic E-state index is 5.81. The molecular weight excluding hydrogens is 224 g/mol. The van der Waals surface area contributed by atoms with Crippen LogP contribution < -0.4 is 10.2 Å². The minimum atomic E-state index is 0.565. The van der Waals surface area contributed by atoms with E-state index < -0.39 is 0 Å². The lowest BCUT2D eigenvalue weighted by Crippen LogP contribution is -2.46. The molecule has 3 rings (SSSR count). The van der Waals surface area contributed by atoms with Gasteiger partial charge in [-0.25, -0.2) is 9.97 Å². The van der Waals surface area contributed by atoms with Crippen LogP contribution in [0.15, 0.2) is 12.4 Å². The van der Waals surface area contributed by atoms with Crippen LogP contribution in [0.25, 0.3) is 0 Å². The molecule has 0 saturated carbocycles. The number of halogens is 1. The van der Waals surface area contributed by atoms with E-state index in [0.29, 0.717) is 11.1 Å². The molecule has 0 amide bonds. The number of aromatic nitrogens is 2. The zero-order valence-corrected chi connectivity index (χ0v) is 9.82. The molecule has 4 nitrogen and oxygen atoms in total. The molecule has 2 aliphatic heterocycles. The summed E-state index contributed by atoms with van der Waals surface area (Å²) in [4.78, 5) is 11.0. The predicted octanol–water partition coefficient (Wildman–Crippen LogP) is 1.32. The van der Waals surface area contributed by atoms with Crippen molar-refractivity contribution < 1.29 is 0 Å². The van der Waals surface area contributed by atoms with Crippen molar-refractivity contribution in [2.75, 3.05) is 24.5 Å². The smallest absolute Gasteiger partial charge is 0.225 e. The second kappa shape index (κ2) is 4.18. The van der Waals surface area contributed by atoms with Gasteiger partial charge in [-0.1, -0.05) is 11.6 Å². The van der Waals surface area contributed by atoms with Crippen LogP contribution in [0.3, 0.4) is 0 Å². The lowest BCUT2D eigenvalue weighted by Gasteiger charge is -2.36. The number of fused-ring (bicyclic) bond motifs is 1. The largest absolute Gasteiger partial charge is 0.336 e. The normalized spacial score (nSPS) is 29.2. The number of piperidine rings is 1. The van der Waals surface area contributed by atoms with Gasteiger partial charge >= 0.3 is 0 Å². The summed E-state index contributed by atoms with van der Waals surface area (Å²) in [5.74, 6) is 1.58. The number of nitrogens with one attached hydrogen (secondary N) is 1. The summed E-state index contributed by atoms with van der Waals surface area (Å²) in [6.07, 6.45) is 5.91. The van der Waals surface area contributed by atoms with Gasteiger partial charge in [-0.15, -0.1) is 0 Å². The van der Waals surface area contributed by atoms with E-state index in [-0.39, 0.29) is 0 Å². The molecule has 0 radical (unpaired) electrons. The first-order valence-corrected chi connectivity index (χ1v) is 6.17. The van der Waals surface area contributed by atoms with Crippen molar-refractivity contribution in [3.05, 3.63) is 17.4 Å². The molecule has 5 heteroatoms. The molecular formula is C11H15ClN4. The van der Waals surface area contributed by atoms with Crippen LogP contribution in [0.2, 0.25) is 5.02 Å². The van der Waals surface area contributed by atoms with Gasteiger partial charge in [-0.3, -0.25) is 0 Å². The van der Waals surface area contributed by atoms with Crippen molar-refractivity contribution in [1.82, 2.24) is 15.3 Å². The molecule has 2 aliphatic rings. The first-order valence-electron chi connectivity index (χ1n) is 5.79. The van der Waals surface area contributed by atoms with Crippen molar-refractivity contribution in [2.45, 2.75) is 18.9 Å². The average molecular weight is 239 g/mol. The van der Waals surface area contributed by atoms with Gasteiger partial charge in [-0.2, -0.15) is 0 Å². The molecule has 16 heavy (non-hydrogen) atoms. The Morgan fingerprint density at radius 1 is 1.31 bits per heavy atom. The molecule has 2 atom stereocenters. The van der Waals surface area contributed by atoms with E-state index in [1.165, 1.54) is 12.8 Å². The highest BCUT2D eigenvalue weighted by Gasteiger charge is 2.35. The summed E-state index contributed by atoms with van der Waals surface area (Å²) in [6.45, 7) is 3.25. The number of nitrogens with zero attached hydrogens (tertiary/aromatic N) is 3. The Bertz CT molecular complexity index is 367. The van der Waals surface area contributed by atoms with E-state index in [1.807, 2.05) is 0 Å². The molecule has 0 spiro atoms. The van der Waals surface area contributed by atoms with E-state index in [4.69, 9.17) is 11.6 Å². The van der Waals surface area contributed by atoms with E-state index in [1.54, 1.807) is 12.4 Å². The third kappa shape index (κ3) is 1.76. The second-order valence-electron chi connectivity index (χ2n) is 4.52. The summed E-state index contributed by atoms with van der Waals surface area (Å²) < 4.78 is 0. The Kier molecular flexibility index (Phi) is 2.69. The Morgan fingerprint density at radius 3 is 2.94 bits per heavy atom. The molecule has 86 valence electrons. The fourth-order valence-corrected chi connectivity index (χ4v) is 2.87. The Hall–Kier alpha value is -0.870. The Morgan fingerprint density at radius 2 is 2.12 bits per heavy atom. The zero-order valence-electron chi connectivity index (χ0n) is 9.06. The number of anilines is 1. The SMILES string of the molecule is Clc1cnc(N2CCCC3CNCC32)nc1. The third-order valence-corrected chi connectivity index (χ3v) is 3.74. The summed E-state index contributed by atoms with van der Waals surface area (Å²) >= 11 is 5.81. The highest BCUT2D eigenvalue weighted by Crippen LogP contribution is 2.28. The van der Waals surface area contributed by atoms with Crippen LogP contribution in [0.1, 0.15) is 12.8 Å². The van der Waals surface area contributed by atoms with Crippen LogP contribution >= 0.6 is 11.6 Å². The molecule has 1 N–H and O–H groups in total. The molecule has 2 unspecified atom stereocenters. The number of hydrogen-bond donors (Lipinski definition) is 1. The number of hydrogen-bond acceptors (Lipinski definition) is 4. The van der Waals surface area contributed by atoms with Crippen LogP contribution in [-0.4, -0.2) is 35.6 Å². The maximum Gasteiger partial charge on any atom is 0.225 e. The molecule has 2 fully saturated rings. The Balaban J connectivity index is 1.85. The lowest BCUT2D eigenvalue weighted by atomic mass is 9.92. The van der Waals surface area contributed by atoms with Crippen molar-refractivity contribution in [2.24, 2.45) is 5.92 Å². The van der Waals surface area contributed by atoms with Crippen LogP contribution in [0.4, 0.5) is 5.95 Å². The average Bonchev–Trinajstić information content (AvgIpc) is 2.78. The summed E-state index contributed by atoms with van der Waals surface area (Å²) in [6, 6.07) is 0.565. The zero-order chi connectivity index (χ0) is 11.0. The second-order valence-corrected chi connectivity index (χ2v) is 4.96. The first-order chi connectivity index (χ1) is 7.84. The van der Waals surface area contributed by atoms with Gasteiger partial charge in [0.05, 0.1) is 17.4 Å². The fourth-order valence-electron chi connectivity index (χ4n) is 2.77. The first kappa shape index (κ1) is 10.3. The minimum absolute atomic E-state index is 0.565. The van der Waals surface area contributed by atoms with Crippen LogP contribution in [0.5, 0.6) is 0 Å². The van der Waals surface area contributed by atoms with Crippen molar-refractivity contribution in [1.29, 1.82) is 0 Å². The summed E-state index contributed by atoms with van der Waals surface area (Å²) in [5, 5.41) is 4.05. The van der Waals surface area contributed by atoms with Gasteiger partial charge in [0.25, 0.3) is 0 Å². The van der Waals surface area contributed by atoms with Gasteiger partial charge in [0.15, 0.2) is 0 Å². The molecule has 1 aromatic rings. The lowest BCUT2D eigenvalue weighted by molar-refractivity contribution is 0.381. The maximum atomic E-state index is 5.81. The molecule has 0 aromatic carbocycles. The van der Waals surface area contributed by atoms with Crippen molar-refractivity contribution in [3.63, 3.8) is 0 Å². The van der Waals surface area contributed by atoms with Gasteiger partial charge in [0, 0.05) is 25.7 Å². The van der Waals surface area contributed by atoms with Crippen LogP contribution in [0, 0.1) is 5.92 Å². The van der Waals surface area contributed by atoms with Gasteiger partial charge < -0.3 is 10.2 Å². The van der Waals surface area contributed by atoms with E-state index in [0.717, 1.165) is 31.5 Å². The Labute approximate surface area is 100 Å². The predicted molar refractivity (Wildman–Crippen MR) is 63.8 cm³/mol. The third-order valence-electron chi connectivity index (χ3n) is 3.54.